The number of nitrogens with one attached hydrogen (secondary N) is 1. The van der Waals surface area contributed by atoms with Gasteiger partial charge in [-0.25, -0.2) is 9.59 Å². The second kappa shape index (κ2) is 11.3. The van der Waals surface area contributed by atoms with Crippen molar-refractivity contribution in [3.05, 3.63) is 47.6 Å². The van der Waals surface area contributed by atoms with Crippen LogP contribution in [0.2, 0.25) is 0 Å². The highest BCUT2D eigenvalue weighted by Gasteiger charge is 2.52. The highest BCUT2D eigenvalue weighted by molar-refractivity contribution is 5.70. The van der Waals surface area contributed by atoms with Gasteiger partial charge in [0, 0.05) is 30.5 Å². The van der Waals surface area contributed by atoms with Gasteiger partial charge in [-0.15, -0.1) is 0 Å². The van der Waals surface area contributed by atoms with E-state index in [1.165, 1.54) is 5.56 Å². The first-order valence-corrected chi connectivity index (χ1v) is 15.2. The van der Waals surface area contributed by atoms with E-state index < -0.39 is 11.2 Å². The fourth-order valence-corrected chi connectivity index (χ4v) is 6.18. The second-order valence-corrected chi connectivity index (χ2v) is 14.2. The van der Waals surface area contributed by atoms with Crippen LogP contribution in [0, 0.1) is 0 Å². The van der Waals surface area contributed by atoms with E-state index in [-0.39, 0.29) is 35.6 Å². The maximum absolute atomic E-state index is 13.5. The van der Waals surface area contributed by atoms with Gasteiger partial charge >= 0.3 is 12.2 Å². The summed E-state index contributed by atoms with van der Waals surface area (Å²) in [6.07, 6.45) is 6.58. The molecule has 3 saturated carbocycles. The third-order valence-electron chi connectivity index (χ3n) is 8.51. The lowest BCUT2D eigenvalue weighted by atomic mass is 9.67. The largest absolute Gasteiger partial charge is 0.444 e. The van der Waals surface area contributed by atoms with E-state index >= 15 is 0 Å². The molecule has 1 aromatic heterocycles. The summed E-state index contributed by atoms with van der Waals surface area (Å²) in [5.41, 5.74) is -0.152. The smallest absolute Gasteiger partial charge is 0.410 e. The molecule has 5 rings (SSSR count). The van der Waals surface area contributed by atoms with Crippen LogP contribution in [0.4, 0.5) is 9.59 Å². The Balaban J connectivity index is 1.25. The molecule has 2 aromatic rings. The van der Waals surface area contributed by atoms with Crippen LogP contribution < -0.4 is 5.32 Å². The third-order valence-corrected chi connectivity index (χ3v) is 8.51. The van der Waals surface area contributed by atoms with Gasteiger partial charge in [-0.1, -0.05) is 41.9 Å². The molecule has 9 nitrogen and oxygen atoms in total. The summed E-state index contributed by atoms with van der Waals surface area (Å²) in [4.78, 5) is 32.6. The standard InChI is InChI=1S/C32H46N4O5/c1-30(2,3)39-28(37)33-23-15-13-22(14-16-23)26-34-27(35-41-26)32(17-10-18-32)20-36(29(38)40-31(4,5)6)25-19-24(25)21-11-8-7-9-12-21/h7-9,11-12,22-25H,10,13-20H2,1-6H3,(H,33,37)/t22?,23?,24-,25+/m0/s1. The van der Waals surface area contributed by atoms with E-state index in [1.807, 2.05) is 52.5 Å². The van der Waals surface area contributed by atoms with Gasteiger partial charge in [0.2, 0.25) is 5.89 Å². The van der Waals surface area contributed by atoms with Gasteiger partial charge < -0.3 is 24.2 Å². The first kappa shape index (κ1) is 29.4. The van der Waals surface area contributed by atoms with Gasteiger partial charge in [-0.2, -0.15) is 4.98 Å². The average molecular weight is 567 g/mol. The third kappa shape index (κ3) is 7.22. The van der Waals surface area contributed by atoms with Crippen LogP contribution in [0.15, 0.2) is 34.9 Å². The highest BCUT2D eigenvalue weighted by Crippen LogP contribution is 2.49. The molecule has 0 bridgehead atoms. The number of carbonyl (C=O) groups is 2. The summed E-state index contributed by atoms with van der Waals surface area (Å²) < 4.78 is 17.1. The zero-order chi connectivity index (χ0) is 29.4. The summed E-state index contributed by atoms with van der Waals surface area (Å²) in [5.74, 6) is 1.85. The number of ether oxygens (including phenoxy) is 2. The molecule has 1 aromatic carbocycles. The van der Waals surface area contributed by atoms with Gasteiger partial charge in [0.05, 0.1) is 5.41 Å². The summed E-state index contributed by atoms with van der Waals surface area (Å²) in [5, 5.41) is 7.48. The van der Waals surface area contributed by atoms with Crippen molar-refractivity contribution in [2.45, 2.75) is 133 Å². The zero-order valence-electron chi connectivity index (χ0n) is 25.4. The summed E-state index contributed by atoms with van der Waals surface area (Å²) in [6.45, 7) is 11.9. The number of hydrogen-bond acceptors (Lipinski definition) is 7. The van der Waals surface area contributed by atoms with Crippen molar-refractivity contribution < 1.29 is 23.6 Å². The first-order chi connectivity index (χ1) is 19.3. The molecule has 0 radical (unpaired) electrons. The van der Waals surface area contributed by atoms with E-state index in [1.54, 1.807) is 0 Å². The van der Waals surface area contributed by atoms with Crippen LogP contribution in [0.25, 0.3) is 0 Å². The van der Waals surface area contributed by atoms with E-state index in [4.69, 9.17) is 19.0 Å². The topological polar surface area (TPSA) is 107 Å². The molecular formula is C32H46N4O5. The summed E-state index contributed by atoms with van der Waals surface area (Å²) in [6, 6.07) is 10.6. The predicted molar refractivity (Wildman–Crippen MR) is 155 cm³/mol. The quantitative estimate of drug-likeness (QED) is 0.391. The molecule has 0 spiro atoms. The predicted octanol–water partition coefficient (Wildman–Crippen LogP) is 6.84. The molecule has 1 heterocycles. The minimum absolute atomic E-state index is 0.0833. The van der Waals surface area contributed by atoms with Gasteiger partial charge in [-0.3, -0.25) is 0 Å². The second-order valence-electron chi connectivity index (χ2n) is 14.2. The Bertz CT molecular complexity index is 1200. The SMILES string of the molecule is CC(C)(C)OC(=O)NC1CCC(c2nc(C3(CN(C(=O)OC(C)(C)C)[C@@H]4C[C@H]4c4ccccc4)CCC3)no2)CC1. The minimum atomic E-state index is -0.574. The molecule has 0 aliphatic heterocycles. The molecule has 224 valence electrons. The molecule has 3 aliphatic rings. The Morgan fingerprint density at radius 2 is 1.66 bits per heavy atom. The minimum Gasteiger partial charge on any atom is -0.444 e. The van der Waals surface area contributed by atoms with Gasteiger partial charge in [0.25, 0.3) is 0 Å². The van der Waals surface area contributed by atoms with Crippen molar-refractivity contribution in [3.63, 3.8) is 0 Å². The molecule has 3 aliphatic carbocycles. The Kier molecular flexibility index (Phi) is 8.09. The molecule has 0 unspecified atom stereocenters. The van der Waals surface area contributed by atoms with Gasteiger partial charge in [0.15, 0.2) is 5.82 Å². The Morgan fingerprint density at radius 3 is 2.24 bits per heavy atom. The molecule has 1 N–H and O–H groups in total. The fraction of sp³-hybridized carbons (Fsp3) is 0.688. The molecular weight excluding hydrogens is 520 g/mol. The number of amides is 2. The van der Waals surface area contributed by atoms with Crippen molar-refractivity contribution in [1.82, 2.24) is 20.4 Å². The lowest BCUT2D eigenvalue weighted by Gasteiger charge is -2.43. The maximum atomic E-state index is 13.5. The van der Waals surface area contributed by atoms with Gasteiger partial charge in [0.1, 0.15) is 11.2 Å². The van der Waals surface area contributed by atoms with Crippen LogP contribution >= 0.6 is 0 Å². The van der Waals surface area contributed by atoms with Crippen molar-refractivity contribution in [2.75, 3.05) is 6.54 Å². The van der Waals surface area contributed by atoms with Crippen molar-refractivity contribution >= 4 is 12.2 Å². The van der Waals surface area contributed by atoms with E-state index in [0.717, 1.165) is 51.4 Å². The Labute approximate surface area is 243 Å². The molecule has 0 saturated heterocycles. The first-order valence-electron chi connectivity index (χ1n) is 15.2. The number of nitrogens with zero attached hydrogens (tertiary/aromatic N) is 3. The van der Waals surface area contributed by atoms with Crippen molar-refractivity contribution in [2.24, 2.45) is 0 Å². The lowest BCUT2D eigenvalue weighted by Crippen LogP contribution is -2.50. The number of rotatable bonds is 7. The number of alkyl carbamates (subject to hydrolysis) is 1. The summed E-state index contributed by atoms with van der Waals surface area (Å²) in [7, 11) is 0. The number of benzene rings is 1. The van der Waals surface area contributed by atoms with Crippen molar-refractivity contribution in [3.8, 4) is 0 Å². The molecule has 41 heavy (non-hydrogen) atoms. The Hall–Kier alpha value is -3.10. The van der Waals surface area contributed by atoms with Crippen LogP contribution in [0.5, 0.6) is 0 Å². The van der Waals surface area contributed by atoms with E-state index in [9.17, 15) is 9.59 Å². The van der Waals surface area contributed by atoms with Crippen molar-refractivity contribution in [1.29, 1.82) is 0 Å². The van der Waals surface area contributed by atoms with Crippen LogP contribution in [0.3, 0.4) is 0 Å². The van der Waals surface area contributed by atoms with E-state index in [2.05, 4.69) is 34.7 Å². The molecule has 2 atom stereocenters. The highest BCUT2D eigenvalue weighted by atomic mass is 16.6. The lowest BCUT2D eigenvalue weighted by molar-refractivity contribution is 0.0123. The molecule has 9 heteroatoms. The average Bonchev–Trinajstić information content (AvgIpc) is 3.49. The number of hydrogen-bond donors (Lipinski definition) is 1. The molecule has 3 fully saturated rings. The van der Waals surface area contributed by atoms with Crippen LogP contribution in [-0.4, -0.2) is 57.1 Å². The monoisotopic (exact) mass is 566 g/mol. The van der Waals surface area contributed by atoms with E-state index in [0.29, 0.717) is 24.2 Å². The number of aromatic nitrogens is 2. The zero-order valence-corrected chi connectivity index (χ0v) is 25.4. The summed E-state index contributed by atoms with van der Waals surface area (Å²) >= 11 is 0. The Morgan fingerprint density at radius 1 is 1.00 bits per heavy atom. The van der Waals surface area contributed by atoms with Gasteiger partial charge in [-0.05, 0) is 92.1 Å². The van der Waals surface area contributed by atoms with Crippen LogP contribution in [0.1, 0.15) is 122 Å². The fourth-order valence-electron chi connectivity index (χ4n) is 6.18. The maximum Gasteiger partial charge on any atom is 0.410 e. The normalized spacial score (nSPS) is 25.5. The van der Waals surface area contributed by atoms with Crippen LogP contribution in [-0.2, 0) is 14.9 Å². The number of carbonyl (C=O) groups excluding carboxylic acids is 2. The molecule has 2 amide bonds.